The van der Waals surface area contributed by atoms with Crippen molar-refractivity contribution in [3.8, 4) is 11.3 Å². The number of amides is 1. The number of benzene rings is 2. The van der Waals surface area contributed by atoms with E-state index in [9.17, 15) is 24.6 Å². The van der Waals surface area contributed by atoms with Gasteiger partial charge in [0.2, 0.25) is 5.91 Å². The predicted molar refractivity (Wildman–Crippen MR) is 155 cm³/mol. The summed E-state index contributed by atoms with van der Waals surface area (Å²) in [5.41, 5.74) is 2.42. The van der Waals surface area contributed by atoms with Crippen LogP contribution < -0.4 is 10.6 Å². The van der Waals surface area contributed by atoms with Crippen LogP contribution >= 0.6 is 12.2 Å². The van der Waals surface area contributed by atoms with E-state index in [2.05, 4.69) is 15.6 Å². The summed E-state index contributed by atoms with van der Waals surface area (Å²) in [5, 5.41) is 25.6. The van der Waals surface area contributed by atoms with Crippen molar-refractivity contribution in [2.45, 2.75) is 25.4 Å². The Balaban J connectivity index is 1.45. The number of anilines is 1. The monoisotopic (exact) mass is 570 g/mol. The first-order valence-electron chi connectivity index (χ1n) is 12.8. The number of nitrogens with zero attached hydrogens (tertiary/aromatic N) is 2. The van der Waals surface area contributed by atoms with Gasteiger partial charge in [-0.1, -0.05) is 18.2 Å². The van der Waals surface area contributed by atoms with E-state index < -0.39 is 24.0 Å². The van der Waals surface area contributed by atoms with Gasteiger partial charge in [0.05, 0.1) is 22.9 Å². The number of pyridine rings is 1. The van der Waals surface area contributed by atoms with Crippen LogP contribution in [0.3, 0.4) is 0 Å². The van der Waals surface area contributed by atoms with Gasteiger partial charge in [0.25, 0.3) is 0 Å². The first-order chi connectivity index (χ1) is 19.7. The Kier molecular flexibility index (Phi) is 7.79. The molecule has 41 heavy (non-hydrogen) atoms. The van der Waals surface area contributed by atoms with Gasteiger partial charge in [0, 0.05) is 30.4 Å². The summed E-state index contributed by atoms with van der Waals surface area (Å²) in [5.74, 6) is -1.90. The molecular formula is C30H26N4O6S. The minimum atomic E-state index is -1.25. The summed E-state index contributed by atoms with van der Waals surface area (Å²) in [4.78, 5) is 42.4. The molecule has 1 aliphatic rings. The van der Waals surface area contributed by atoms with Crippen LogP contribution in [0.25, 0.3) is 11.3 Å². The highest BCUT2D eigenvalue weighted by molar-refractivity contribution is 7.80. The summed E-state index contributed by atoms with van der Waals surface area (Å²) in [6.45, 7) is 2.23. The molecule has 208 valence electrons. The maximum atomic E-state index is 12.8. The largest absolute Gasteiger partial charge is 0.478 e. The zero-order valence-electron chi connectivity index (χ0n) is 21.9. The number of nitrogens with one attached hydrogen (secondary N) is 2. The van der Waals surface area contributed by atoms with Crippen LogP contribution in [0.15, 0.2) is 83.4 Å². The standard InChI is InChI=1S/C30H26N4O6S/c1-17-5-4-6-21(13-17)32-25(35)10-12-34-27(26(33-30(34)41)22-7-2-3-11-31-22)24-9-8-23(40-24)18-14-19(28(36)37)16-20(15-18)29(38)39/h2-9,11,13-16,26-27H,10,12H2,1H3,(H,32,35)(H,33,41)(H,36,37)(H,38,39)/t26-,27-/m1/s1. The van der Waals surface area contributed by atoms with E-state index in [1.807, 2.05) is 48.2 Å². The summed E-state index contributed by atoms with van der Waals surface area (Å²) in [6, 6.07) is 19.4. The number of rotatable bonds is 9. The number of furan rings is 1. The Morgan fingerprint density at radius 1 is 1.00 bits per heavy atom. The fourth-order valence-electron chi connectivity index (χ4n) is 4.81. The molecule has 2 aromatic carbocycles. The minimum Gasteiger partial charge on any atom is -0.478 e. The first-order valence-corrected chi connectivity index (χ1v) is 13.2. The number of carbonyl (C=O) groups excluding carboxylic acids is 1. The Labute approximate surface area is 240 Å². The summed E-state index contributed by atoms with van der Waals surface area (Å²) in [7, 11) is 0. The molecule has 1 saturated heterocycles. The normalized spacial score (nSPS) is 16.3. The van der Waals surface area contributed by atoms with Gasteiger partial charge in [0.1, 0.15) is 17.6 Å². The maximum Gasteiger partial charge on any atom is 0.335 e. The topological polar surface area (TPSA) is 145 Å². The van der Waals surface area contributed by atoms with E-state index in [0.717, 1.165) is 11.6 Å². The highest BCUT2D eigenvalue weighted by Gasteiger charge is 2.41. The van der Waals surface area contributed by atoms with Crippen molar-refractivity contribution >= 4 is 40.9 Å². The highest BCUT2D eigenvalue weighted by atomic mass is 32.1. The quantitative estimate of drug-likeness (QED) is 0.202. The molecule has 0 spiro atoms. The Hall–Kier alpha value is -5.03. The van der Waals surface area contributed by atoms with Gasteiger partial charge in [-0.2, -0.15) is 0 Å². The fraction of sp³-hybridized carbons (Fsp3) is 0.167. The smallest absolute Gasteiger partial charge is 0.335 e. The van der Waals surface area contributed by atoms with Gasteiger partial charge in [-0.05, 0) is 79.3 Å². The van der Waals surface area contributed by atoms with E-state index in [-0.39, 0.29) is 30.0 Å². The van der Waals surface area contributed by atoms with E-state index >= 15 is 0 Å². The van der Waals surface area contributed by atoms with E-state index in [1.54, 1.807) is 24.4 Å². The van der Waals surface area contributed by atoms with E-state index in [0.29, 0.717) is 33.6 Å². The van der Waals surface area contributed by atoms with Crippen LogP contribution in [-0.2, 0) is 4.79 Å². The Morgan fingerprint density at radius 2 is 1.76 bits per heavy atom. The Morgan fingerprint density at radius 3 is 2.41 bits per heavy atom. The Bertz CT molecular complexity index is 1600. The number of thiocarbonyl (C=S) groups is 1. The predicted octanol–water partition coefficient (Wildman–Crippen LogP) is 5.05. The lowest BCUT2D eigenvalue weighted by Crippen LogP contribution is -2.32. The molecule has 0 unspecified atom stereocenters. The molecule has 11 heteroatoms. The van der Waals surface area contributed by atoms with Crippen LogP contribution in [0.4, 0.5) is 5.69 Å². The third-order valence-electron chi connectivity index (χ3n) is 6.71. The number of carboxylic acid groups (broad SMARTS) is 2. The molecular weight excluding hydrogens is 544 g/mol. The molecule has 1 fully saturated rings. The zero-order valence-corrected chi connectivity index (χ0v) is 22.7. The number of aromatic carboxylic acids is 2. The molecule has 2 aromatic heterocycles. The van der Waals surface area contributed by atoms with Crippen LogP contribution in [0.5, 0.6) is 0 Å². The molecule has 5 rings (SSSR count). The molecule has 3 heterocycles. The summed E-state index contributed by atoms with van der Waals surface area (Å²) >= 11 is 5.67. The molecule has 1 amide bonds. The molecule has 0 bridgehead atoms. The molecule has 2 atom stereocenters. The lowest BCUT2D eigenvalue weighted by atomic mass is 10.0. The zero-order chi connectivity index (χ0) is 29.1. The lowest BCUT2D eigenvalue weighted by molar-refractivity contribution is -0.116. The van der Waals surface area contributed by atoms with Gasteiger partial charge in [-0.25, -0.2) is 9.59 Å². The van der Waals surface area contributed by atoms with Crippen LogP contribution in [0.1, 0.15) is 56.2 Å². The van der Waals surface area contributed by atoms with Gasteiger partial charge < -0.3 is 30.2 Å². The third-order valence-corrected chi connectivity index (χ3v) is 7.06. The number of hydrogen-bond acceptors (Lipinski definition) is 6. The average Bonchev–Trinajstić information content (AvgIpc) is 3.56. The van der Waals surface area contributed by atoms with Crippen molar-refractivity contribution in [3.05, 3.63) is 107 Å². The number of hydrogen-bond donors (Lipinski definition) is 4. The van der Waals surface area contributed by atoms with Gasteiger partial charge in [0.15, 0.2) is 5.11 Å². The second-order valence-corrected chi connectivity index (χ2v) is 9.99. The molecule has 0 saturated carbocycles. The van der Waals surface area contributed by atoms with Gasteiger partial charge >= 0.3 is 11.9 Å². The van der Waals surface area contributed by atoms with Gasteiger partial charge in [-0.3, -0.25) is 9.78 Å². The fourth-order valence-corrected chi connectivity index (χ4v) is 5.14. The second-order valence-electron chi connectivity index (χ2n) is 9.60. The number of aryl methyl sites for hydroxylation is 1. The van der Waals surface area contributed by atoms with E-state index in [4.69, 9.17) is 16.6 Å². The number of carbonyl (C=O) groups is 3. The van der Waals surface area contributed by atoms with Crippen molar-refractivity contribution in [2.24, 2.45) is 0 Å². The average molecular weight is 571 g/mol. The number of aromatic nitrogens is 1. The molecule has 0 aliphatic carbocycles. The second kappa shape index (κ2) is 11.6. The molecule has 0 radical (unpaired) electrons. The van der Waals surface area contributed by atoms with Crippen LogP contribution in [-0.4, -0.2) is 49.6 Å². The maximum absolute atomic E-state index is 12.8. The highest BCUT2D eigenvalue weighted by Crippen LogP contribution is 2.40. The van der Waals surface area contributed by atoms with Gasteiger partial charge in [-0.15, -0.1) is 0 Å². The summed E-state index contributed by atoms with van der Waals surface area (Å²) in [6.07, 6.45) is 1.82. The molecule has 4 N–H and O–H groups in total. The van der Waals surface area contributed by atoms with Crippen molar-refractivity contribution in [1.29, 1.82) is 0 Å². The van der Waals surface area contributed by atoms with Crippen molar-refractivity contribution in [2.75, 3.05) is 11.9 Å². The first kappa shape index (κ1) is 27.5. The van der Waals surface area contributed by atoms with Crippen molar-refractivity contribution < 1.29 is 29.0 Å². The SMILES string of the molecule is Cc1cccc(NC(=O)CCN2C(=S)N[C@H](c3ccccn3)[C@H]2c2ccc(-c3cc(C(=O)O)cc(C(=O)O)c3)o2)c1. The van der Waals surface area contributed by atoms with Crippen molar-refractivity contribution in [3.63, 3.8) is 0 Å². The molecule has 4 aromatic rings. The molecule has 1 aliphatic heterocycles. The third kappa shape index (κ3) is 6.10. The van der Waals surface area contributed by atoms with Crippen molar-refractivity contribution in [1.82, 2.24) is 15.2 Å². The lowest BCUT2D eigenvalue weighted by Gasteiger charge is -2.25. The number of carboxylic acids is 2. The minimum absolute atomic E-state index is 0.150. The van der Waals surface area contributed by atoms with Crippen LogP contribution in [0, 0.1) is 6.92 Å². The molecule has 10 nitrogen and oxygen atoms in total. The van der Waals surface area contributed by atoms with E-state index in [1.165, 1.54) is 12.1 Å². The summed E-state index contributed by atoms with van der Waals surface area (Å²) < 4.78 is 6.21. The van der Waals surface area contributed by atoms with Crippen LogP contribution in [0.2, 0.25) is 0 Å².